The van der Waals surface area contributed by atoms with Crippen LogP contribution in [0.5, 0.6) is 0 Å². The number of hydrogen-bond donors (Lipinski definition) is 0. The number of aromatic nitrogens is 1. The first kappa shape index (κ1) is 22.8. The first-order valence-corrected chi connectivity index (χ1v) is 14.1. The number of para-hydroxylation sites is 3. The molecule has 8 aromatic rings. The zero-order chi connectivity index (χ0) is 26.6. The van der Waals surface area contributed by atoms with Crippen LogP contribution in [-0.4, -0.2) is 4.57 Å². The minimum absolute atomic E-state index is 0.681. The largest absolute Gasteiger partial charge is 0.309 e. The van der Waals surface area contributed by atoms with Gasteiger partial charge in [0, 0.05) is 36.5 Å². The standard InChI is InChI=1S/C37H22N2S/c38-23-24-8-7-9-25(20-24)26-16-18-31-32-21-27(17-19-36(32)40-37(31)22-26)28-10-1-4-13-33(28)39-34-14-5-2-11-29(34)30-12-3-6-15-35(30)39/h1-22H. The molecule has 3 heteroatoms. The van der Waals surface area contributed by atoms with E-state index in [0.717, 1.165) is 11.1 Å². The fourth-order valence-electron chi connectivity index (χ4n) is 5.99. The number of nitriles is 1. The molecule has 0 radical (unpaired) electrons. The smallest absolute Gasteiger partial charge is 0.0991 e. The Balaban J connectivity index is 1.31. The minimum atomic E-state index is 0.681. The van der Waals surface area contributed by atoms with Gasteiger partial charge in [0.1, 0.15) is 0 Å². The summed E-state index contributed by atoms with van der Waals surface area (Å²) < 4.78 is 4.93. The Morgan fingerprint density at radius 2 is 1.20 bits per heavy atom. The van der Waals surface area contributed by atoms with Gasteiger partial charge in [-0.1, -0.05) is 84.9 Å². The summed E-state index contributed by atoms with van der Waals surface area (Å²) in [6.07, 6.45) is 0. The Morgan fingerprint density at radius 1 is 0.500 bits per heavy atom. The van der Waals surface area contributed by atoms with Crippen molar-refractivity contribution in [3.8, 4) is 34.0 Å². The summed E-state index contributed by atoms with van der Waals surface area (Å²) >= 11 is 1.82. The molecule has 6 aromatic carbocycles. The van der Waals surface area contributed by atoms with Gasteiger partial charge in [0.05, 0.1) is 28.4 Å². The summed E-state index contributed by atoms with van der Waals surface area (Å²) in [5.41, 5.74) is 8.90. The zero-order valence-corrected chi connectivity index (χ0v) is 22.3. The lowest BCUT2D eigenvalue weighted by Crippen LogP contribution is -1.96. The van der Waals surface area contributed by atoms with Crippen molar-refractivity contribution in [3.63, 3.8) is 0 Å². The van der Waals surface area contributed by atoms with Crippen LogP contribution in [0.2, 0.25) is 0 Å². The van der Waals surface area contributed by atoms with Crippen LogP contribution in [0, 0.1) is 11.3 Å². The van der Waals surface area contributed by atoms with E-state index in [1.807, 2.05) is 29.5 Å². The number of hydrogen-bond acceptors (Lipinski definition) is 2. The van der Waals surface area contributed by atoms with E-state index >= 15 is 0 Å². The van der Waals surface area contributed by atoms with E-state index in [0.29, 0.717) is 5.56 Å². The lowest BCUT2D eigenvalue weighted by atomic mass is 9.99. The van der Waals surface area contributed by atoms with E-state index in [4.69, 9.17) is 0 Å². The van der Waals surface area contributed by atoms with Crippen molar-refractivity contribution in [2.45, 2.75) is 0 Å². The van der Waals surface area contributed by atoms with Crippen molar-refractivity contribution in [3.05, 3.63) is 139 Å². The Labute approximate surface area is 235 Å². The summed E-state index contributed by atoms with van der Waals surface area (Å²) in [7, 11) is 0. The molecule has 0 aliphatic rings. The molecule has 0 spiro atoms. The Morgan fingerprint density at radius 3 is 2.00 bits per heavy atom. The molecule has 186 valence electrons. The number of thiophene rings is 1. The highest BCUT2D eigenvalue weighted by Crippen LogP contribution is 2.41. The molecule has 0 aliphatic heterocycles. The van der Waals surface area contributed by atoms with E-state index in [2.05, 4.69) is 126 Å². The van der Waals surface area contributed by atoms with Crippen LogP contribution in [0.3, 0.4) is 0 Å². The van der Waals surface area contributed by atoms with Crippen molar-refractivity contribution < 1.29 is 0 Å². The molecule has 2 nitrogen and oxygen atoms in total. The molecule has 0 saturated heterocycles. The van der Waals surface area contributed by atoms with Gasteiger partial charge >= 0.3 is 0 Å². The summed E-state index contributed by atoms with van der Waals surface area (Å²) in [5.74, 6) is 0. The highest BCUT2D eigenvalue weighted by atomic mass is 32.1. The topological polar surface area (TPSA) is 28.7 Å². The second kappa shape index (κ2) is 8.95. The van der Waals surface area contributed by atoms with E-state index < -0.39 is 0 Å². The Bertz CT molecular complexity index is 2240. The molecule has 2 heterocycles. The molecule has 0 saturated carbocycles. The fraction of sp³-hybridized carbons (Fsp3) is 0. The molecule has 0 fully saturated rings. The first-order chi connectivity index (χ1) is 19.8. The molecule has 0 aliphatic carbocycles. The van der Waals surface area contributed by atoms with Crippen molar-refractivity contribution in [2.24, 2.45) is 0 Å². The zero-order valence-electron chi connectivity index (χ0n) is 21.5. The molecule has 8 rings (SSSR count). The molecular weight excluding hydrogens is 504 g/mol. The average molecular weight is 527 g/mol. The summed E-state index contributed by atoms with van der Waals surface area (Å²) in [4.78, 5) is 0. The van der Waals surface area contributed by atoms with Crippen LogP contribution in [0.1, 0.15) is 5.56 Å². The molecule has 0 atom stereocenters. The Hall–Kier alpha value is -5.17. The molecule has 40 heavy (non-hydrogen) atoms. The molecular formula is C37H22N2S. The summed E-state index contributed by atoms with van der Waals surface area (Å²) in [6.45, 7) is 0. The van der Waals surface area contributed by atoms with Crippen LogP contribution in [0.15, 0.2) is 133 Å². The summed E-state index contributed by atoms with van der Waals surface area (Å²) in [6, 6.07) is 49.6. The predicted molar refractivity (Wildman–Crippen MR) is 169 cm³/mol. The Kier molecular flexibility index (Phi) is 5.10. The number of fused-ring (bicyclic) bond motifs is 6. The van der Waals surface area contributed by atoms with Crippen LogP contribution < -0.4 is 0 Å². The number of benzene rings is 6. The SMILES string of the molecule is N#Cc1cccc(-c2ccc3c(c2)sc2ccc(-c4ccccc4-n4c5ccccc5c5ccccc54)cc23)c1. The van der Waals surface area contributed by atoms with Crippen molar-refractivity contribution >= 4 is 53.3 Å². The third-order valence-electron chi connectivity index (χ3n) is 7.83. The van der Waals surface area contributed by atoms with Crippen LogP contribution in [0.4, 0.5) is 0 Å². The molecule has 0 amide bonds. The molecule has 0 bridgehead atoms. The lowest BCUT2D eigenvalue weighted by Gasteiger charge is -2.14. The van der Waals surface area contributed by atoms with Gasteiger partial charge in [0.25, 0.3) is 0 Å². The summed E-state index contributed by atoms with van der Waals surface area (Å²) in [5, 5.41) is 14.4. The van der Waals surface area contributed by atoms with Crippen molar-refractivity contribution in [1.82, 2.24) is 4.57 Å². The molecule has 0 N–H and O–H groups in total. The monoisotopic (exact) mass is 526 g/mol. The van der Waals surface area contributed by atoms with E-state index in [9.17, 15) is 5.26 Å². The van der Waals surface area contributed by atoms with Crippen molar-refractivity contribution in [2.75, 3.05) is 0 Å². The van der Waals surface area contributed by atoms with Crippen LogP contribution in [-0.2, 0) is 0 Å². The second-order valence-electron chi connectivity index (χ2n) is 10.1. The van der Waals surface area contributed by atoms with Gasteiger partial charge in [0.15, 0.2) is 0 Å². The number of rotatable bonds is 3. The van der Waals surface area contributed by atoms with Gasteiger partial charge in [-0.15, -0.1) is 11.3 Å². The third-order valence-corrected chi connectivity index (χ3v) is 8.97. The van der Waals surface area contributed by atoms with Crippen LogP contribution in [0.25, 0.3) is 69.9 Å². The van der Waals surface area contributed by atoms with Gasteiger partial charge in [-0.05, 0) is 65.2 Å². The molecule has 2 aromatic heterocycles. The highest BCUT2D eigenvalue weighted by Gasteiger charge is 2.16. The molecule has 0 unspecified atom stereocenters. The highest BCUT2D eigenvalue weighted by molar-refractivity contribution is 7.25. The maximum Gasteiger partial charge on any atom is 0.0991 e. The van der Waals surface area contributed by atoms with Gasteiger partial charge in [0.2, 0.25) is 0 Å². The van der Waals surface area contributed by atoms with E-state index in [1.54, 1.807) is 0 Å². The predicted octanol–water partition coefficient (Wildman–Crippen LogP) is 10.4. The van der Waals surface area contributed by atoms with Gasteiger partial charge in [-0.3, -0.25) is 0 Å². The van der Waals surface area contributed by atoms with E-state index in [1.165, 1.54) is 58.8 Å². The van der Waals surface area contributed by atoms with Gasteiger partial charge in [-0.25, -0.2) is 0 Å². The van der Waals surface area contributed by atoms with E-state index in [-0.39, 0.29) is 0 Å². The number of nitrogens with zero attached hydrogens (tertiary/aromatic N) is 2. The lowest BCUT2D eigenvalue weighted by molar-refractivity contribution is 1.18. The second-order valence-corrected chi connectivity index (χ2v) is 11.2. The maximum atomic E-state index is 9.33. The quantitative estimate of drug-likeness (QED) is 0.225. The van der Waals surface area contributed by atoms with Gasteiger partial charge in [-0.2, -0.15) is 5.26 Å². The van der Waals surface area contributed by atoms with Crippen molar-refractivity contribution in [1.29, 1.82) is 5.26 Å². The fourth-order valence-corrected chi connectivity index (χ4v) is 7.11. The van der Waals surface area contributed by atoms with Crippen LogP contribution >= 0.6 is 11.3 Å². The third kappa shape index (κ3) is 3.48. The normalized spacial score (nSPS) is 11.5. The maximum absolute atomic E-state index is 9.33. The van der Waals surface area contributed by atoms with Gasteiger partial charge < -0.3 is 4.57 Å². The average Bonchev–Trinajstić information content (AvgIpc) is 3.56. The minimum Gasteiger partial charge on any atom is -0.309 e. The first-order valence-electron chi connectivity index (χ1n) is 13.3.